The number of nitrogens with zero attached hydrogens (tertiary/aromatic N) is 3. The predicted molar refractivity (Wildman–Crippen MR) is 125 cm³/mol. The summed E-state index contributed by atoms with van der Waals surface area (Å²) >= 11 is 0. The van der Waals surface area contributed by atoms with Crippen molar-refractivity contribution in [2.75, 3.05) is 13.2 Å². The van der Waals surface area contributed by atoms with Crippen LogP contribution in [0.5, 0.6) is 0 Å². The van der Waals surface area contributed by atoms with E-state index in [1.54, 1.807) is 6.07 Å². The van der Waals surface area contributed by atoms with Crippen LogP contribution in [0, 0.1) is 6.92 Å². The van der Waals surface area contributed by atoms with Gasteiger partial charge in [0.05, 0.1) is 42.2 Å². The number of hydrogen-bond acceptors (Lipinski definition) is 5. The van der Waals surface area contributed by atoms with Gasteiger partial charge in [-0.05, 0) is 37.8 Å². The van der Waals surface area contributed by atoms with E-state index in [2.05, 4.69) is 10.5 Å². The van der Waals surface area contributed by atoms with Gasteiger partial charge in [-0.2, -0.15) is 0 Å². The van der Waals surface area contributed by atoms with Crippen LogP contribution in [0.25, 0.3) is 0 Å². The van der Waals surface area contributed by atoms with Gasteiger partial charge in [0.25, 0.3) is 11.8 Å². The highest BCUT2D eigenvalue weighted by atomic mass is 16.5. The number of benzene rings is 1. The number of likely N-dealkylation sites (tertiary alicyclic amines) is 1. The first-order valence-electron chi connectivity index (χ1n) is 12.0. The van der Waals surface area contributed by atoms with Gasteiger partial charge in [-0.1, -0.05) is 42.4 Å². The number of fused-ring (bicyclic) bond motifs is 1. The summed E-state index contributed by atoms with van der Waals surface area (Å²) in [6, 6.07) is 13.3. The number of carbonyl (C=O) groups is 2. The predicted octanol–water partition coefficient (Wildman–Crippen LogP) is 4.17. The zero-order valence-corrected chi connectivity index (χ0v) is 19.6. The lowest BCUT2D eigenvalue weighted by Gasteiger charge is -2.25. The fraction of sp³-hybridized carbons (Fsp3) is 0.423. The fourth-order valence-corrected chi connectivity index (χ4v) is 5.03. The van der Waals surface area contributed by atoms with Crippen molar-refractivity contribution in [3.63, 3.8) is 0 Å². The smallest absolute Gasteiger partial charge is 0.271 e. The molecular weight excluding hydrogens is 432 g/mol. The molecule has 2 unspecified atom stereocenters. The van der Waals surface area contributed by atoms with Gasteiger partial charge in [0, 0.05) is 19.2 Å². The quantitative estimate of drug-likeness (QED) is 0.594. The molecule has 2 aliphatic rings. The van der Waals surface area contributed by atoms with Crippen LogP contribution in [0.15, 0.2) is 47.0 Å². The number of ether oxygens (including phenoxy) is 1. The van der Waals surface area contributed by atoms with E-state index in [-0.39, 0.29) is 23.9 Å². The Labute approximate surface area is 198 Å². The molecule has 5 rings (SSSR count). The van der Waals surface area contributed by atoms with E-state index in [4.69, 9.17) is 9.26 Å². The van der Waals surface area contributed by atoms with Gasteiger partial charge in [0.1, 0.15) is 5.69 Å². The topological polar surface area (TPSA) is 89.6 Å². The summed E-state index contributed by atoms with van der Waals surface area (Å²) in [5, 5.41) is 7.15. The molecule has 0 radical (unpaired) electrons. The molecule has 0 aliphatic carbocycles. The standard InChI is InChI=1S/C26H30N4O4/c1-3-20(18-8-5-4-6-9-18)27-25(31)19-15-22(29-12-13-33-16-23(19)29)26(32)30-11-7-10-21(30)24-14-17(2)28-34-24/h4-6,8-9,14-15,20-21H,3,7,10-13,16H2,1-2H3,(H,27,31). The van der Waals surface area contributed by atoms with Crippen LogP contribution in [-0.4, -0.2) is 39.6 Å². The molecule has 2 aromatic heterocycles. The molecule has 1 aromatic carbocycles. The van der Waals surface area contributed by atoms with Gasteiger partial charge in [-0.25, -0.2) is 0 Å². The maximum Gasteiger partial charge on any atom is 0.271 e. The number of carbonyl (C=O) groups excluding carboxylic acids is 2. The Balaban J connectivity index is 1.43. The summed E-state index contributed by atoms with van der Waals surface area (Å²) in [6.45, 7) is 5.93. The molecule has 0 bridgehead atoms. The number of hydrogen-bond donors (Lipinski definition) is 1. The lowest BCUT2D eigenvalue weighted by Crippen LogP contribution is -2.33. The molecule has 1 N–H and O–H groups in total. The SMILES string of the molecule is CCC(NC(=O)c1cc(C(=O)N2CCCC2c2cc(C)no2)n2c1COCC2)c1ccccc1. The Kier molecular flexibility index (Phi) is 6.24. The van der Waals surface area contributed by atoms with Crippen LogP contribution >= 0.6 is 0 Å². The summed E-state index contributed by atoms with van der Waals surface area (Å²) in [7, 11) is 0. The third kappa shape index (κ3) is 4.14. The zero-order valence-electron chi connectivity index (χ0n) is 19.6. The lowest BCUT2D eigenvalue weighted by molar-refractivity contribution is 0.0659. The summed E-state index contributed by atoms with van der Waals surface area (Å²) in [4.78, 5) is 28.9. The molecule has 2 amide bonds. The molecule has 0 spiro atoms. The molecule has 0 saturated carbocycles. The Bertz CT molecular complexity index is 1180. The van der Waals surface area contributed by atoms with E-state index in [1.165, 1.54) is 0 Å². The number of aryl methyl sites for hydroxylation is 1. The Morgan fingerprint density at radius 1 is 1.21 bits per heavy atom. The Morgan fingerprint density at radius 2 is 2.03 bits per heavy atom. The highest BCUT2D eigenvalue weighted by Gasteiger charge is 2.36. The van der Waals surface area contributed by atoms with E-state index in [1.807, 2.05) is 59.7 Å². The molecule has 1 fully saturated rings. The van der Waals surface area contributed by atoms with Crippen molar-refractivity contribution in [3.05, 3.63) is 76.4 Å². The zero-order chi connectivity index (χ0) is 23.7. The molecule has 2 atom stereocenters. The van der Waals surface area contributed by atoms with Gasteiger partial charge in [-0.3, -0.25) is 9.59 Å². The molecule has 2 aliphatic heterocycles. The number of rotatable bonds is 6. The Morgan fingerprint density at radius 3 is 2.76 bits per heavy atom. The second-order valence-corrected chi connectivity index (χ2v) is 8.97. The first kappa shape index (κ1) is 22.4. The third-order valence-corrected chi connectivity index (χ3v) is 6.77. The number of aromatic nitrogens is 2. The molecule has 34 heavy (non-hydrogen) atoms. The monoisotopic (exact) mass is 462 g/mol. The van der Waals surface area contributed by atoms with Crippen molar-refractivity contribution in [2.45, 2.75) is 58.3 Å². The van der Waals surface area contributed by atoms with Crippen LogP contribution in [0.1, 0.15) is 81.8 Å². The second-order valence-electron chi connectivity index (χ2n) is 8.97. The van der Waals surface area contributed by atoms with Crippen LogP contribution < -0.4 is 5.32 Å². The van der Waals surface area contributed by atoms with E-state index in [9.17, 15) is 9.59 Å². The normalized spacial score (nSPS) is 18.5. The Hall–Kier alpha value is -3.39. The maximum absolute atomic E-state index is 13.7. The highest BCUT2D eigenvalue weighted by molar-refractivity contribution is 6.01. The maximum atomic E-state index is 13.7. The summed E-state index contributed by atoms with van der Waals surface area (Å²) in [6.07, 6.45) is 2.50. The average Bonchev–Trinajstić information content (AvgIpc) is 3.60. The van der Waals surface area contributed by atoms with Crippen LogP contribution in [0.4, 0.5) is 0 Å². The molecular formula is C26H30N4O4. The second kappa shape index (κ2) is 9.46. The highest BCUT2D eigenvalue weighted by Crippen LogP contribution is 2.34. The van der Waals surface area contributed by atoms with E-state index in [0.717, 1.165) is 36.2 Å². The van der Waals surface area contributed by atoms with Gasteiger partial charge in [0.15, 0.2) is 5.76 Å². The lowest BCUT2D eigenvalue weighted by atomic mass is 10.0. The van der Waals surface area contributed by atoms with Crippen molar-refractivity contribution in [1.29, 1.82) is 0 Å². The molecule has 3 aromatic rings. The largest absolute Gasteiger partial charge is 0.373 e. The molecule has 178 valence electrons. The number of nitrogens with one attached hydrogen (secondary N) is 1. The fourth-order valence-electron chi connectivity index (χ4n) is 5.03. The van der Waals surface area contributed by atoms with Crippen molar-refractivity contribution < 1.29 is 18.8 Å². The van der Waals surface area contributed by atoms with Gasteiger partial charge >= 0.3 is 0 Å². The van der Waals surface area contributed by atoms with Crippen LogP contribution in [0.2, 0.25) is 0 Å². The van der Waals surface area contributed by atoms with E-state index >= 15 is 0 Å². The van der Waals surface area contributed by atoms with Crippen molar-refractivity contribution in [3.8, 4) is 0 Å². The van der Waals surface area contributed by atoms with E-state index < -0.39 is 0 Å². The van der Waals surface area contributed by atoms with Crippen molar-refractivity contribution in [1.82, 2.24) is 19.9 Å². The van der Waals surface area contributed by atoms with E-state index in [0.29, 0.717) is 43.3 Å². The molecule has 8 nitrogen and oxygen atoms in total. The van der Waals surface area contributed by atoms with Crippen LogP contribution in [-0.2, 0) is 17.9 Å². The molecule has 1 saturated heterocycles. The average molecular weight is 463 g/mol. The minimum absolute atomic E-state index is 0.0890. The summed E-state index contributed by atoms with van der Waals surface area (Å²) < 4.78 is 13.1. The van der Waals surface area contributed by atoms with Crippen LogP contribution in [0.3, 0.4) is 0 Å². The molecule has 4 heterocycles. The first-order valence-corrected chi connectivity index (χ1v) is 12.0. The minimum atomic E-state index is -0.187. The van der Waals surface area contributed by atoms with Gasteiger partial charge < -0.3 is 24.0 Å². The number of amides is 2. The van der Waals surface area contributed by atoms with Gasteiger partial charge in [0.2, 0.25) is 0 Å². The first-order chi connectivity index (χ1) is 16.6. The van der Waals surface area contributed by atoms with Crippen molar-refractivity contribution in [2.24, 2.45) is 0 Å². The summed E-state index contributed by atoms with van der Waals surface area (Å²) in [5.41, 5.74) is 3.64. The molecule has 8 heteroatoms. The summed E-state index contributed by atoms with van der Waals surface area (Å²) in [5.74, 6) is 0.436. The third-order valence-electron chi connectivity index (χ3n) is 6.77. The van der Waals surface area contributed by atoms with Gasteiger partial charge in [-0.15, -0.1) is 0 Å². The minimum Gasteiger partial charge on any atom is -0.373 e. The van der Waals surface area contributed by atoms with Crippen molar-refractivity contribution >= 4 is 11.8 Å².